The first-order chi connectivity index (χ1) is 10.5. The number of aliphatic hydroxyl groups excluding tert-OH is 1. The molecule has 0 aliphatic carbocycles. The van der Waals surface area contributed by atoms with Crippen molar-refractivity contribution in [1.82, 2.24) is 19.7 Å². The standard InChI is InChI=1S/C15H24N4O2S/c1-12(21)18-8-13-7-17(9-14-16-3-6-22-14)4-5-19(13)15(2,10-18)11-20/h3,6,13,20H,4-5,7-11H2,1-2H3/t13-,15-/m0/s1. The molecule has 3 rings (SSSR count). The fraction of sp³-hybridized carbons (Fsp3) is 0.733. The van der Waals surface area contributed by atoms with Gasteiger partial charge >= 0.3 is 0 Å². The summed E-state index contributed by atoms with van der Waals surface area (Å²) in [4.78, 5) is 22.9. The number of piperazine rings is 2. The molecule has 0 radical (unpaired) electrons. The summed E-state index contributed by atoms with van der Waals surface area (Å²) in [7, 11) is 0. The van der Waals surface area contributed by atoms with Crippen molar-refractivity contribution < 1.29 is 9.90 Å². The average Bonchev–Trinajstić information content (AvgIpc) is 2.99. The number of aromatic nitrogens is 1. The molecule has 2 saturated heterocycles. The molecule has 3 heterocycles. The second-order valence-corrected chi connectivity index (χ2v) is 7.54. The second-order valence-electron chi connectivity index (χ2n) is 6.56. The van der Waals surface area contributed by atoms with Crippen LogP contribution in [0.15, 0.2) is 11.6 Å². The van der Waals surface area contributed by atoms with Gasteiger partial charge in [-0.15, -0.1) is 11.3 Å². The molecule has 1 N–H and O–H groups in total. The van der Waals surface area contributed by atoms with Crippen LogP contribution in [0.2, 0.25) is 0 Å². The zero-order chi connectivity index (χ0) is 15.7. The van der Waals surface area contributed by atoms with Crippen molar-refractivity contribution in [3.63, 3.8) is 0 Å². The van der Waals surface area contributed by atoms with Crippen LogP contribution in [-0.4, -0.2) is 81.6 Å². The third kappa shape index (κ3) is 3.03. The Labute approximate surface area is 135 Å². The summed E-state index contributed by atoms with van der Waals surface area (Å²) in [5.41, 5.74) is -0.331. The van der Waals surface area contributed by atoms with Gasteiger partial charge in [0.15, 0.2) is 0 Å². The van der Waals surface area contributed by atoms with E-state index in [1.807, 2.05) is 16.5 Å². The van der Waals surface area contributed by atoms with E-state index in [1.54, 1.807) is 18.3 Å². The molecular weight excluding hydrogens is 300 g/mol. The van der Waals surface area contributed by atoms with Crippen LogP contribution >= 0.6 is 11.3 Å². The van der Waals surface area contributed by atoms with Crippen LogP contribution in [0.1, 0.15) is 18.9 Å². The summed E-state index contributed by atoms with van der Waals surface area (Å²) in [6.45, 7) is 8.82. The number of thiazole rings is 1. The third-order valence-corrected chi connectivity index (χ3v) is 5.62. The summed E-state index contributed by atoms with van der Waals surface area (Å²) in [5.74, 6) is 0.0939. The van der Waals surface area contributed by atoms with Gasteiger partial charge in [0.2, 0.25) is 5.91 Å². The third-order valence-electron chi connectivity index (χ3n) is 4.85. The Morgan fingerprint density at radius 3 is 2.95 bits per heavy atom. The van der Waals surface area contributed by atoms with Crippen molar-refractivity contribution in [2.75, 3.05) is 39.3 Å². The van der Waals surface area contributed by atoms with Gasteiger partial charge in [-0.25, -0.2) is 4.98 Å². The van der Waals surface area contributed by atoms with E-state index in [0.29, 0.717) is 6.54 Å². The van der Waals surface area contributed by atoms with Crippen LogP contribution < -0.4 is 0 Å². The van der Waals surface area contributed by atoms with Crippen molar-refractivity contribution in [3.05, 3.63) is 16.6 Å². The summed E-state index contributed by atoms with van der Waals surface area (Å²) < 4.78 is 0. The van der Waals surface area contributed by atoms with E-state index < -0.39 is 0 Å². The Kier molecular flexibility index (Phi) is 4.49. The van der Waals surface area contributed by atoms with E-state index in [9.17, 15) is 9.90 Å². The molecule has 122 valence electrons. The average molecular weight is 324 g/mol. The number of aliphatic hydroxyl groups is 1. The molecule has 2 atom stereocenters. The summed E-state index contributed by atoms with van der Waals surface area (Å²) >= 11 is 1.68. The number of fused-ring (bicyclic) bond motifs is 1. The van der Waals surface area contributed by atoms with Gasteiger partial charge in [-0.3, -0.25) is 14.6 Å². The molecule has 0 spiro atoms. The number of hydrogen-bond donors (Lipinski definition) is 1. The van der Waals surface area contributed by atoms with Gasteiger partial charge in [-0.1, -0.05) is 0 Å². The number of carbonyl (C=O) groups is 1. The van der Waals surface area contributed by atoms with Crippen molar-refractivity contribution in [2.45, 2.75) is 32.0 Å². The van der Waals surface area contributed by atoms with Gasteiger partial charge in [0.1, 0.15) is 5.01 Å². The Morgan fingerprint density at radius 1 is 1.50 bits per heavy atom. The van der Waals surface area contributed by atoms with E-state index in [4.69, 9.17) is 0 Å². The molecule has 0 saturated carbocycles. The number of hydrogen-bond acceptors (Lipinski definition) is 6. The Hall–Kier alpha value is -1.02. The topological polar surface area (TPSA) is 59.9 Å². The van der Waals surface area contributed by atoms with Gasteiger partial charge in [-0.05, 0) is 6.92 Å². The molecule has 6 nitrogen and oxygen atoms in total. The fourth-order valence-corrected chi connectivity index (χ4v) is 4.31. The molecule has 7 heteroatoms. The Morgan fingerprint density at radius 2 is 2.32 bits per heavy atom. The minimum Gasteiger partial charge on any atom is -0.394 e. The number of amides is 1. The summed E-state index contributed by atoms with van der Waals surface area (Å²) in [6, 6.07) is 0.281. The highest BCUT2D eigenvalue weighted by Gasteiger charge is 2.45. The van der Waals surface area contributed by atoms with Crippen molar-refractivity contribution in [1.29, 1.82) is 0 Å². The van der Waals surface area contributed by atoms with Crippen LogP contribution in [0.25, 0.3) is 0 Å². The fourth-order valence-electron chi connectivity index (χ4n) is 3.65. The van der Waals surface area contributed by atoms with E-state index >= 15 is 0 Å². The van der Waals surface area contributed by atoms with Gasteiger partial charge in [0.05, 0.1) is 18.7 Å². The zero-order valence-corrected chi connectivity index (χ0v) is 14.1. The van der Waals surface area contributed by atoms with E-state index in [0.717, 1.165) is 37.7 Å². The lowest BCUT2D eigenvalue weighted by atomic mass is 9.91. The van der Waals surface area contributed by atoms with E-state index in [1.165, 1.54) is 0 Å². The monoisotopic (exact) mass is 324 g/mol. The number of nitrogens with zero attached hydrogens (tertiary/aromatic N) is 4. The van der Waals surface area contributed by atoms with Crippen LogP contribution in [-0.2, 0) is 11.3 Å². The smallest absolute Gasteiger partial charge is 0.219 e. The van der Waals surface area contributed by atoms with Crippen LogP contribution in [0, 0.1) is 0 Å². The quantitative estimate of drug-likeness (QED) is 0.863. The van der Waals surface area contributed by atoms with Gasteiger partial charge in [0.25, 0.3) is 0 Å². The Balaban J connectivity index is 1.72. The van der Waals surface area contributed by atoms with Crippen molar-refractivity contribution in [3.8, 4) is 0 Å². The first kappa shape index (κ1) is 15.9. The number of carbonyl (C=O) groups excluding carboxylic acids is 1. The van der Waals surface area contributed by atoms with E-state index in [-0.39, 0.29) is 24.1 Å². The molecular formula is C15H24N4O2S. The minimum absolute atomic E-state index is 0.0831. The molecule has 1 aromatic heterocycles. The lowest BCUT2D eigenvalue weighted by Crippen LogP contribution is -2.72. The molecule has 0 unspecified atom stereocenters. The molecule has 2 aliphatic rings. The second kappa shape index (κ2) is 6.23. The summed E-state index contributed by atoms with van der Waals surface area (Å²) in [5, 5.41) is 13.0. The maximum atomic E-state index is 11.8. The van der Waals surface area contributed by atoms with Crippen LogP contribution in [0.4, 0.5) is 0 Å². The lowest BCUT2D eigenvalue weighted by molar-refractivity contribution is -0.143. The minimum atomic E-state index is -0.331. The number of rotatable bonds is 3. The molecule has 1 aromatic rings. The molecule has 0 aromatic carbocycles. The maximum absolute atomic E-state index is 11.8. The van der Waals surface area contributed by atoms with Crippen molar-refractivity contribution in [2.24, 2.45) is 0 Å². The molecule has 0 bridgehead atoms. The zero-order valence-electron chi connectivity index (χ0n) is 13.2. The first-order valence-electron chi connectivity index (χ1n) is 7.76. The first-order valence-corrected chi connectivity index (χ1v) is 8.63. The molecule has 22 heavy (non-hydrogen) atoms. The lowest BCUT2D eigenvalue weighted by Gasteiger charge is -2.56. The molecule has 1 amide bonds. The highest BCUT2D eigenvalue weighted by molar-refractivity contribution is 7.09. The summed E-state index contributed by atoms with van der Waals surface area (Å²) in [6.07, 6.45) is 1.84. The maximum Gasteiger partial charge on any atom is 0.219 e. The molecule has 2 aliphatic heterocycles. The van der Waals surface area contributed by atoms with Gasteiger partial charge in [-0.2, -0.15) is 0 Å². The largest absolute Gasteiger partial charge is 0.394 e. The van der Waals surface area contributed by atoms with Gasteiger partial charge in [0, 0.05) is 57.3 Å². The van der Waals surface area contributed by atoms with E-state index in [2.05, 4.69) is 21.7 Å². The predicted molar refractivity (Wildman–Crippen MR) is 85.6 cm³/mol. The normalized spacial score (nSPS) is 30.3. The SMILES string of the molecule is CC(=O)N1C[C@@H]2CN(Cc3nccs3)CCN2[C@](C)(CO)C1. The predicted octanol–water partition coefficient (Wildman–Crippen LogP) is 0.242. The highest BCUT2D eigenvalue weighted by atomic mass is 32.1. The molecule has 2 fully saturated rings. The Bertz CT molecular complexity index is 524. The van der Waals surface area contributed by atoms with Crippen LogP contribution in [0.3, 0.4) is 0 Å². The highest BCUT2D eigenvalue weighted by Crippen LogP contribution is 2.28. The van der Waals surface area contributed by atoms with Gasteiger partial charge < -0.3 is 10.0 Å². The van der Waals surface area contributed by atoms with Crippen LogP contribution in [0.5, 0.6) is 0 Å². The van der Waals surface area contributed by atoms with Crippen molar-refractivity contribution >= 4 is 17.2 Å².